The average molecular weight is 240 g/mol. The molecule has 0 saturated carbocycles. The van der Waals surface area contributed by atoms with E-state index in [2.05, 4.69) is 58.7 Å². The van der Waals surface area contributed by atoms with Gasteiger partial charge >= 0.3 is 0 Å². The zero-order chi connectivity index (χ0) is 13.2. The summed E-state index contributed by atoms with van der Waals surface area (Å²) in [7, 11) is 0. The molecule has 1 aliphatic heterocycles. The molecule has 1 N–H and O–H groups in total. The van der Waals surface area contributed by atoms with Crippen LogP contribution in [0.5, 0.6) is 0 Å². The topological polar surface area (TPSA) is 15.3 Å². The van der Waals surface area contributed by atoms with E-state index in [9.17, 15) is 0 Å². The third kappa shape index (κ3) is 4.26. The van der Waals surface area contributed by atoms with Crippen molar-refractivity contribution in [2.75, 3.05) is 19.6 Å². The van der Waals surface area contributed by atoms with Crippen molar-refractivity contribution in [1.82, 2.24) is 10.2 Å². The van der Waals surface area contributed by atoms with E-state index in [4.69, 9.17) is 0 Å². The maximum Gasteiger partial charge on any atom is 0.0218 e. The first kappa shape index (κ1) is 15.0. The van der Waals surface area contributed by atoms with Crippen LogP contribution in [-0.2, 0) is 0 Å². The molecule has 2 nitrogen and oxygen atoms in total. The minimum atomic E-state index is 0.415. The summed E-state index contributed by atoms with van der Waals surface area (Å²) in [5, 5.41) is 3.67. The Morgan fingerprint density at radius 3 is 2.29 bits per heavy atom. The molecular weight excluding hydrogens is 208 g/mol. The highest BCUT2D eigenvalue weighted by Gasteiger charge is 2.30. The van der Waals surface area contributed by atoms with Crippen LogP contribution in [0.4, 0.5) is 0 Å². The lowest BCUT2D eigenvalue weighted by Crippen LogP contribution is -2.58. The molecule has 0 aromatic rings. The van der Waals surface area contributed by atoms with Gasteiger partial charge in [0.15, 0.2) is 0 Å². The number of piperazine rings is 1. The molecule has 0 aliphatic carbocycles. The Labute approximate surface area is 108 Å². The molecule has 0 aromatic carbocycles. The molecule has 3 atom stereocenters. The van der Waals surface area contributed by atoms with Gasteiger partial charge in [0, 0.05) is 31.7 Å². The molecule has 0 aromatic heterocycles. The van der Waals surface area contributed by atoms with Crippen LogP contribution in [0.25, 0.3) is 0 Å². The number of hydrogen-bond acceptors (Lipinski definition) is 2. The first-order valence-corrected chi connectivity index (χ1v) is 7.19. The fourth-order valence-corrected chi connectivity index (χ4v) is 2.27. The minimum Gasteiger partial charge on any atom is -0.311 e. The predicted octanol–water partition coefficient (Wildman–Crippen LogP) is 2.99. The van der Waals surface area contributed by atoms with Crippen LogP contribution in [0, 0.1) is 17.3 Å². The van der Waals surface area contributed by atoms with Crippen molar-refractivity contribution >= 4 is 0 Å². The van der Waals surface area contributed by atoms with Crippen LogP contribution < -0.4 is 5.32 Å². The molecule has 1 aliphatic rings. The monoisotopic (exact) mass is 240 g/mol. The maximum atomic E-state index is 3.67. The normalized spacial score (nSPS) is 29.6. The van der Waals surface area contributed by atoms with E-state index in [1.54, 1.807) is 0 Å². The predicted molar refractivity (Wildman–Crippen MR) is 76.3 cm³/mol. The SMILES string of the molecule is CC(C)C1CN(CC(C)C(C)(C)C)C(C)CN1. The molecule has 2 heteroatoms. The summed E-state index contributed by atoms with van der Waals surface area (Å²) in [6.45, 7) is 20.0. The van der Waals surface area contributed by atoms with Crippen LogP contribution in [0.15, 0.2) is 0 Å². The van der Waals surface area contributed by atoms with Crippen LogP contribution in [0.2, 0.25) is 0 Å². The molecule has 0 radical (unpaired) electrons. The molecule has 1 rings (SSSR count). The number of nitrogens with one attached hydrogen (secondary N) is 1. The fourth-order valence-electron chi connectivity index (χ4n) is 2.27. The molecule has 1 saturated heterocycles. The summed E-state index contributed by atoms with van der Waals surface area (Å²) in [5.41, 5.74) is 0.415. The van der Waals surface area contributed by atoms with Gasteiger partial charge in [-0.3, -0.25) is 4.90 Å². The standard InChI is InChI=1S/C15H32N2/c1-11(2)14-10-17(13(4)8-16-14)9-12(3)15(5,6)7/h11-14,16H,8-10H2,1-7H3. The summed E-state index contributed by atoms with van der Waals surface area (Å²) in [6.07, 6.45) is 0. The summed E-state index contributed by atoms with van der Waals surface area (Å²) in [4.78, 5) is 2.68. The van der Waals surface area contributed by atoms with E-state index in [0.717, 1.165) is 18.4 Å². The smallest absolute Gasteiger partial charge is 0.0218 e. The quantitative estimate of drug-likeness (QED) is 0.816. The second-order valence-corrected chi connectivity index (χ2v) is 7.33. The lowest BCUT2D eigenvalue weighted by Gasteiger charge is -2.43. The summed E-state index contributed by atoms with van der Waals surface area (Å²) in [6, 6.07) is 1.34. The third-order valence-corrected chi connectivity index (χ3v) is 4.52. The average Bonchev–Trinajstić information content (AvgIpc) is 2.19. The highest BCUT2D eigenvalue weighted by molar-refractivity contribution is 4.87. The van der Waals surface area contributed by atoms with Gasteiger partial charge in [-0.2, -0.15) is 0 Å². The Morgan fingerprint density at radius 2 is 1.82 bits per heavy atom. The van der Waals surface area contributed by atoms with Gasteiger partial charge in [-0.1, -0.05) is 41.5 Å². The highest BCUT2D eigenvalue weighted by atomic mass is 15.2. The van der Waals surface area contributed by atoms with E-state index in [0.29, 0.717) is 17.5 Å². The second-order valence-electron chi connectivity index (χ2n) is 7.33. The summed E-state index contributed by atoms with van der Waals surface area (Å²) >= 11 is 0. The van der Waals surface area contributed by atoms with Gasteiger partial charge in [0.2, 0.25) is 0 Å². The van der Waals surface area contributed by atoms with Gasteiger partial charge in [0.05, 0.1) is 0 Å². The molecule has 1 heterocycles. The third-order valence-electron chi connectivity index (χ3n) is 4.52. The number of hydrogen-bond donors (Lipinski definition) is 1. The van der Waals surface area contributed by atoms with E-state index >= 15 is 0 Å². The van der Waals surface area contributed by atoms with Gasteiger partial charge in [0.1, 0.15) is 0 Å². The van der Waals surface area contributed by atoms with Crippen molar-refractivity contribution in [2.24, 2.45) is 17.3 Å². The molecule has 0 spiro atoms. The van der Waals surface area contributed by atoms with Crippen LogP contribution in [0.1, 0.15) is 48.5 Å². The van der Waals surface area contributed by atoms with Crippen molar-refractivity contribution in [1.29, 1.82) is 0 Å². The molecule has 1 fully saturated rings. The van der Waals surface area contributed by atoms with Crippen LogP contribution >= 0.6 is 0 Å². The largest absolute Gasteiger partial charge is 0.311 e. The van der Waals surface area contributed by atoms with E-state index in [1.165, 1.54) is 13.1 Å². The van der Waals surface area contributed by atoms with Gasteiger partial charge in [0.25, 0.3) is 0 Å². The van der Waals surface area contributed by atoms with Crippen LogP contribution in [0.3, 0.4) is 0 Å². The Kier molecular flexibility index (Phi) is 5.03. The molecule has 0 bridgehead atoms. The van der Waals surface area contributed by atoms with E-state index in [-0.39, 0.29) is 0 Å². The zero-order valence-electron chi connectivity index (χ0n) is 12.9. The Bertz CT molecular complexity index is 230. The van der Waals surface area contributed by atoms with Gasteiger partial charge in [-0.05, 0) is 24.2 Å². The number of rotatable bonds is 3. The van der Waals surface area contributed by atoms with Crippen molar-refractivity contribution in [3.63, 3.8) is 0 Å². The van der Waals surface area contributed by atoms with Crippen molar-refractivity contribution in [3.05, 3.63) is 0 Å². The first-order chi connectivity index (χ1) is 7.71. The molecule has 0 amide bonds. The lowest BCUT2D eigenvalue weighted by atomic mass is 9.81. The number of nitrogens with zero attached hydrogens (tertiary/aromatic N) is 1. The second kappa shape index (κ2) is 5.71. The van der Waals surface area contributed by atoms with Gasteiger partial charge in [-0.25, -0.2) is 0 Å². The fraction of sp³-hybridized carbons (Fsp3) is 1.00. The Hall–Kier alpha value is -0.0800. The molecule has 17 heavy (non-hydrogen) atoms. The van der Waals surface area contributed by atoms with E-state index in [1.807, 2.05) is 0 Å². The van der Waals surface area contributed by atoms with Gasteiger partial charge in [-0.15, -0.1) is 0 Å². The molecular formula is C15H32N2. The Morgan fingerprint density at radius 1 is 1.24 bits per heavy atom. The summed E-state index contributed by atoms with van der Waals surface area (Å²) < 4.78 is 0. The van der Waals surface area contributed by atoms with Crippen molar-refractivity contribution < 1.29 is 0 Å². The van der Waals surface area contributed by atoms with Crippen molar-refractivity contribution in [3.8, 4) is 0 Å². The maximum absolute atomic E-state index is 3.67. The molecule has 102 valence electrons. The minimum absolute atomic E-state index is 0.415. The highest BCUT2D eigenvalue weighted by Crippen LogP contribution is 2.27. The van der Waals surface area contributed by atoms with Crippen molar-refractivity contribution in [2.45, 2.75) is 60.5 Å². The van der Waals surface area contributed by atoms with Gasteiger partial charge < -0.3 is 5.32 Å². The Balaban J connectivity index is 2.56. The summed E-state index contributed by atoms with van der Waals surface area (Å²) in [5.74, 6) is 1.48. The molecule has 3 unspecified atom stereocenters. The lowest BCUT2D eigenvalue weighted by molar-refractivity contribution is 0.0807. The first-order valence-electron chi connectivity index (χ1n) is 7.19. The van der Waals surface area contributed by atoms with E-state index < -0.39 is 0 Å². The zero-order valence-corrected chi connectivity index (χ0v) is 12.9. The van der Waals surface area contributed by atoms with Crippen LogP contribution in [-0.4, -0.2) is 36.6 Å².